The normalized spacial score (nSPS) is 20.0. The molecule has 1 saturated heterocycles. The molecule has 3 N–H and O–H groups in total. The molecule has 0 radical (unpaired) electrons. The lowest BCUT2D eigenvalue weighted by atomic mass is 9.96. The highest BCUT2D eigenvalue weighted by Crippen LogP contribution is 2.44. The minimum absolute atomic E-state index is 0.0846. The van der Waals surface area contributed by atoms with Crippen molar-refractivity contribution in [2.75, 3.05) is 19.8 Å². The zero-order chi connectivity index (χ0) is 24.1. The lowest BCUT2D eigenvalue weighted by Crippen LogP contribution is -2.49. The molecule has 2 amide bonds. The first-order valence-corrected chi connectivity index (χ1v) is 11.6. The number of benzene rings is 2. The molecule has 1 aliphatic heterocycles. The van der Waals surface area contributed by atoms with Crippen molar-refractivity contribution in [3.63, 3.8) is 0 Å². The van der Waals surface area contributed by atoms with Gasteiger partial charge >= 0.3 is 12.1 Å². The fourth-order valence-electron chi connectivity index (χ4n) is 4.81. The van der Waals surface area contributed by atoms with E-state index in [1.54, 1.807) is 0 Å². The summed E-state index contributed by atoms with van der Waals surface area (Å²) in [5, 5.41) is 14.4. The van der Waals surface area contributed by atoms with Gasteiger partial charge in [0.1, 0.15) is 12.6 Å². The molecule has 0 bridgehead atoms. The second-order valence-corrected chi connectivity index (χ2v) is 8.94. The van der Waals surface area contributed by atoms with E-state index >= 15 is 0 Å². The number of carbonyl (C=O) groups is 3. The molecular weight excluding hydrogens is 436 g/mol. The zero-order valence-corrected chi connectivity index (χ0v) is 19.2. The summed E-state index contributed by atoms with van der Waals surface area (Å²) in [6, 6.07) is 14.7. The van der Waals surface area contributed by atoms with Crippen molar-refractivity contribution in [3.05, 3.63) is 59.7 Å². The Kier molecular flexibility index (Phi) is 7.47. The van der Waals surface area contributed by atoms with Crippen molar-refractivity contribution in [1.82, 2.24) is 10.6 Å². The summed E-state index contributed by atoms with van der Waals surface area (Å²) in [6.07, 6.45) is 0.435. The van der Waals surface area contributed by atoms with Crippen LogP contribution in [0.5, 0.6) is 0 Å². The van der Waals surface area contributed by atoms with Crippen LogP contribution in [0, 0.1) is 5.92 Å². The van der Waals surface area contributed by atoms with E-state index in [4.69, 9.17) is 9.47 Å². The van der Waals surface area contributed by atoms with Gasteiger partial charge in [0.25, 0.3) is 0 Å². The quantitative estimate of drug-likeness (QED) is 0.550. The van der Waals surface area contributed by atoms with Crippen LogP contribution in [0.25, 0.3) is 11.1 Å². The molecule has 2 aromatic rings. The Morgan fingerprint density at radius 2 is 1.74 bits per heavy atom. The molecule has 34 heavy (non-hydrogen) atoms. The maximum Gasteiger partial charge on any atom is 0.407 e. The van der Waals surface area contributed by atoms with Crippen LogP contribution in [0.4, 0.5) is 4.79 Å². The van der Waals surface area contributed by atoms with E-state index in [1.165, 1.54) is 0 Å². The standard InChI is InChI=1S/C26H30N2O6/c1-16-12-17(10-11-33-16)14-27-25(31)23(13-24(29)30)28-26(32)34-15-22-20-8-4-2-6-18(20)19-7-3-5-9-21(19)22/h2-9,16-17,22-23H,10-15H2,1H3,(H,27,31)(H,28,32)(H,29,30). The first-order chi connectivity index (χ1) is 16.4. The van der Waals surface area contributed by atoms with Gasteiger partial charge < -0.3 is 25.2 Å². The minimum Gasteiger partial charge on any atom is -0.481 e. The third kappa shape index (κ3) is 5.56. The van der Waals surface area contributed by atoms with Crippen molar-refractivity contribution in [2.24, 2.45) is 5.92 Å². The summed E-state index contributed by atoms with van der Waals surface area (Å²) in [5.41, 5.74) is 4.36. The number of carboxylic acids is 1. The minimum atomic E-state index is -1.22. The number of hydrogen-bond donors (Lipinski definition) is 3. The number of alkyl carbamates (subject to hydrolysis) is 1. The van der Waals surface area contributed by atoms with Crippen LogP contribution < -0.4 is 10.6 Å². The van der Waals surface area contributed by atoms with Crippen LogP contribution in [0.2, 0.25) is 0 Å². The summed E-state index contributed by atoms with van der Waals surface area (Å²) in [5.74, 6) is -1.58. The van der Waals surface area contributed by atoms with E-state index < -0.39 is 30.4 Å². The van der Waals surface area contributed by atoms with Gasteiger partial charge in [0.15, 0.2) is 0 Å². The van der Waals surface area contributed by atoms with Crippen LogP contribution in [0.3, 0.4) is 0 Å². The number of ether oxygens (including phenoxy) is 2. The van der Waals surface area contributed by atoms with Crippen LogP contribution in [0.15, 0.2) is 48.5 Å². The Morgan fingerprint density at radius 3 is 2.35 bits per heavy atom. The molecule has 8 heteroatoms. The highest BCUT2D eigenvalue weighted by molar-refractivity contribution is 5.89. The summed E-state index contributed by atoms with van der Waals surface area (Å²) < 4.78 is 11.0. The number of nitrogens with one attached hydrogen (secondary N) is 2. The first-order valence-electron chi connectivity index (χ1n) is 11.6. The van der Waals surface area contributed by atoms with Crippen LogP contribution in [-0.2, 0) is 19.1 Å². The molecule has 0 aromatic heterocycles. The third-order valence-electron chi connectivity index (χ3n) is 6.49. The summed E-state index contributed by atoms with van der Waals surface area (Å²) >= 11 is 0. The molecule has 1 fully saturated rings. The SMILES string of the molecule is CC1CC(CNC(=O)C(CC(=O)O)NC(=O)OCC2c3ccccc3-c3ccccc32)CCO1. The van der Waals surface area contributed by atoms with Gasteiger partial charge in [0, 0.05) is 19.1 Å². The molecule has 4 rings (SSSR count). The Balaban J connectivity index is 1.35. The highest BCUT2D eigenvalue weighted by Gasteiger charge is 2.30. The van der Waals surface area contributed by atoms with E-state index in [2.05, 4.69) is 10.6 Å². The Hall–Kier alpha value is -3.39. The lowest BCUT2D eigenvalue weighted by Gasteiger charge is -2.28. The summed E-state index contributed by atoms with van der Waals surface area (Å²) in [6.45, 7) is 3.12. The number of rotatable bonds is 8. The first kappa shape index (κ1) is 23.8. The van der Waals surface area contributed by atoms with Gasteiger partial charge in [-0.1, -0.05) is 48.5 Å². The van der Waals surface area contributed by atoms with Gasteiger partial charge in [-0.05, 0) is 47.9 Å². The van der Waals surface area contributed by atoms with Crippen molar-refractivity contribution in [3.8, 4) is 11.1 Å². The van der Waals surface area contributed by atoms with Gasteiger partial charge in [-0.2, -0.15) is 0 Å². The Morgan fingerprint density at radius 1 is 1.09 bits per heavy atom. The molecule has 1 heterocycles. The number of carboxylic acid groups (broad SMARTS) is 1. The molecule has 8 nitrogen and oxygen atoms in total. The zero-order valence-electron chi connectivity index (χ0n) is 19.2. The number of aliphatic carboxylic acids is 1. The predicted molar refractivity (Wildman–Crippen MR) is 125 cm³/mol. The van der Waals surface area contributed by atoms with Crippen molar-refractivity contribution in [1.29, 1.82) is 0 Å². The van der Waals surface area contributed by atoms with Gasteiger partial charge in [-0.3, -0.25) is 9.59 Å². The monoisotopic (exact) mass is 466 g/mol. The molecule has 180 valence electrons. The second-order valence-electron chi connectivity index (χ2n) is 8.94. The van der Waals surface area contributed by atoms with Crippen LogP contribution >= 0.6 is 0 Å². The van der Waals surface area contributed by atoms with Crippen LogP contribution in [-0.4, -0.2) is 55.0 Å². The number of hydrogen-bond acceptors (Lipinski definition) is 5. The Labute approximate surface area is 198 Å². The summed E-state index contributed by atoms with van der Waals surface area (Å²) in [4.78, 5) is 36.5. The molecule has 0 saturated carbocycles. The Bertz CT molecular complexity index is 1010. The molecule has 0 spiro atoms. The lowest BCUT2D eigenvalue weighted by molar-refractivity contribution is -0.139. The number of amides is 2. The van der Waals surface area contributed by atoms with Crippen LogP contribution in [0.1, 0.15) is 43.2 Å². The fourth-order valence-corrected chi connectivity index (χ4v) is 4.81. The van der Waals surface area contributed by atoms with Crippen molar-refractivity contribution in [2.45, 2.75) is 44.2 Å². The maximum absolute atomic E-state index is 12.7. The average Bonchev–Trinajstić information content (AvgIpc) is 3.14. The average molecular weight is 467 g/mol. The molecule has 3 atom stereocenters. The van der Waals surface area contributed by atoms with Gasteiger partial charge in [0.2, 0.25) is 5.91 Å². The van der Waals surface area contributed by atoms with E-state index in [0.717, 1.165) is 35.1 Å². The highest BCUT2D eigenvalue weighted by atomic mass is 16.5. The molecular formula is C26H30N2O6. The fraction of sp³-hybridized carbons (Fsp3) is 0.423. The van der Waals surface area contributed by atoms with Gasteiger partial charge in [-0.25, -0.2) is 4.79 Å². The van der Waals surface area contributed by atoms with Gasteiger partial charge in [0.05, 0.1) is 12.5 Å². The largest absolute Gasteiger partial charge is 0.481 e. The maximum atomic E-state index is 12.7. The topological polar surface area (TPSA) is 114 Å². The molecule has 3 unspecified atom stereocenters. The van der Waals surface area contributed by atoms with Gasteiger partial charge in [-0.15, -0.1) is 0 Å². The van der Waals surface area contributed by atoms with Crippen molar-refractivity contribution >= 4 is 18.0 Å². The van der Waals surface area contributed by atoms with E-state index in [1.807, 2.05) is 55.5 Å². The third-order valence-corrected chi connectivity index (χ3v) is 6.49. The van der Waals surface area contributed by atoms with E-state index in [9.17, 15) is 19.5 Å². The number of carbonyl (C=O) groups excluding carboxylic acids is 2. The number of fused-ring (bicyclic) bond motifs is 3. The smallest absolute Gasteiger partial charge is 0.407 e. The molecule has 2 aromatic carbocycles. The second kappa shape index (κ2) is 10.7. The summed E-state index contributed by atoms with van der Waals surface area (Å²) in [7, 11) is 0. The molecule has 2 aliphatic rings. The molecule has 1 aliphatic carbocycles. The predicted octanol–water partition coefficient (Wildman–Crippen LogP) is 3.30. The van der Waals surface area contributed by atoms with E-state index in [-0.39, 0.29) is 24.5 Å². The van der Waals surface area contributed by atoms with E-state index in [0.29, 0.717) is 13.2 Å². The van der Waals surface area contributed by atoms with Crippen molar-refractivity contribution < 1.29 is 29.0 Å².